The molecule has 10 atom stereocenters. The van der Waals surface area contributed by atoms with Gasteiger partial charge in [0, 0.05) is 40.4 Å². The number of rotatable bonds is 14. The normalized spacial score (nSPS) is 25.5. The van der Waals surface area contributed by atoms with Crippen LogP contribution in [-0.2, 0) is 65.5 Å². The number of nitrogens with one attached hydrogen (secondary N) is 6. The van der Waals surface area contributed by atoms with E-state index in [0.29, 0.717) is 11.1 Å². The first-order valence-electron chi connectivity index (χ1n) is 28.3. The van der Waals surface area contributed by atoms with Gasteiger partial charge in [-0.15, -0.1) is 0 Å². The van der Waals surface area contributed by atoms with Crippen molar-refractivity contribution in [1.82, 2.24) is 46.6 Å². The monoisotopic (exact) mass is 1120 g/mol. The molecule has 0 bridgehead atoms. The Labute approximate surface area is 474 Å². The molecule has 0 spiro atoms. The van der Waals surface area contributed by atoms with Crippen LogP contribution in [0.2, 0.25) is 0 Å². The number of ether oxygens (including phenoxy) is 1. The Morgan fingerprint density at radius 3 is 1.49 bits per heavy atom. The van der Waals surface area contributed by atoms with Crippen molar-refractivity contribution in [1.29, 1.82) is 0 Å². The molecular weight excluding hydrogens is 1020 g/mol. The molecule has 2 unspecified atom stereocenters. The number of hydrogen-bond acceptors (Lipinski definition) is 11. The first kappa shape index (κ1) is 67.4. The van der Waals surface area contributed by atoms with Gasteiger partial charge in [0.2, 0.25) is 53.2 Å². The smallest absolute Gasteiger partial charge is 0.329 e. The highest BCUT2D eigenvalue weighted by Crippen LogP contribution is 2.22. The minimum Gasteiger partial charge on any atom is -0.458 e. The minimum atomic E-state index is -1.54. The fourth-order valence-corrected chi connectivity index (χ4v) is 9.73. The van der Waals surface area contributed by atoms with Crippen LogP contribution in [0.1, 0.15) is 127 Å². The van der Waals surface area contributed by atoms with E-state index < -0.39 is 137 Å². The fourth-order valence-electron chi connectivity index (χ4n) is 9.73. The minimum absolute atomic E-state index is 0.00442. The number of benzene rings is 2. The van der Waals surface area contributed by atoms with Crippen LogP contribution in [0.5, 0.6) is 0 Å². The van der Waals surface area contributed by atoms with Crippen molar-refractivity contribution in [3.05, 3.63) is 71.8 Å². The number of carbonyl (C=O) groups is 10. The number of amides is 9. The first-order chi connectivity index (χ1) is 37.4. The SMILES string of the molecule is CC(C)CC(=O)N[C@@H]1C(=O)N[C@@H](C(C)C)C(=O)N(C)[C@@H](CC(C)C)C(=O)N(C)C(Cc2ccccc2)C(=O)N[C@@H](CC(C)C)C(=O)N[C@H](Cc2ccccc2)C(=O)N[C@H](C(C)C)C(=O)N[C@@H](C)C(=O)N(C)C(C(C)C)C(=O)O[C@@H]1C. The molecule has 3 rings (SSSR count). The summed E-state index contributed by atoms with van der Waals surface area (Å²) in [7, 11) is 4.29. The molecule has 1 heterocycles. The molecule has 6 N–H and O–H groups in total. The molecule has 0 aromatic heterocycles. The van der Waals surface area contributed by atoms with Gasteiger partial charge in [-0.05, 0) is 73.3 Å². The van der Waals surface area contributed by atoms with Crippen LogP contribution in [0.4, 0.5) is 0 Å². The third kappa shape index (κ3) is 19.7. The summed E-state index contributed by atoms with van der Waals surface area (Å²) in [5, 5.41) is 16.8. The predicted octanol–water partition coefficient (Wildman–Crippen LogP) is 3.93. The lowest BCUT2D eigenvalue weighted by Crippen LogP contribution is -2.63. The van der Waals surface area contributed by atoms with Gasteiger partial charge >= 0.3 is 5.97 Å². The zero-order valence-electron chi connectivity index (χ0n) is 50.4. The summed E-state index contributed by atoms with van der Waals surface area (Å²) in [5.41, 5.74) is 1.37. The van der Waals surface area contributed by atoms with Crippen molar-refractivity contribution < 1.29 is 52.7 Å². The number of nitrogens with zero attached hydrogens (tertiary/aromatic N) is 3. The second-order valence-corrected chi connectivity index (χ2v) is 23.8. The van der Waals surface area contributed by atoms with Gasteiger partial charge in [0.25, 0.3) is 0 Å². The van der Waals surface area contributed by atoms with Gasteiger partial charge in [0.05, 0.1) is 0 Å². The van der Waals surface area contributed by atoms with E-state index in [4.69, 9.17) is 4.74 Å². The van der Waals surface area contributed by atoms with Gasteiger partial charge in [-0.1, -0.05) is 144 Å². The molecule has 1 aliphatic heterocycles. The van der Waals surface area contributed by atoms with E-state index in [2.05, 4.69) is 31.9 Å². The van der Waals surface area contributed by atoms with Crippen molar-refractivity contribution in [2.75, 3.05) is 21.1 Å². The van der Waals surface area contributed by atoms with E-state index in [9.17, 15) is 43.2 Å². The van der Waals surface area contributed by atoms with E-state index in [1.54, 1.807) is 96.1 Å². The number of likely N-dealkylation sites (N-methyl/N-ethyl adjacent to an activating group) is 3. The van der Waals surface area contributed by atoms with Crippen LogP contribution in [-0.4, -0.2) is 155 Å². The first-order valence-corrected chi connectivity index (χ1v) is 28.3. The molecule has 2 aromatic carbocycles. The average Bonchev–Trinajstić information content (AvgIpc) is 3.37. The van der Waals surface area contributed by atoms with Gasteiger partial charge in [-0.2, -0.15) is 0 Å². The Morgan fingerprint density at radius 1 is 0.500 bits per heavy atom. The molecule has 1 aliphatic rings. The van der Waals surface area contributed by atoms with Crippen LogP contribution in [0.15, 0.2) is 60.7 Å². The quantitative estimate of drug-likeness (QED) is 0.148. The predicted molar refractivity (Wildman–Crippen MR) is 306 cm³/mol. The lowest BCUT2D eigenvalue weighted by Gasteiger charge is -2.38. The molecule has 0 radical (unpaired) electrons. The van der Waals surface area contributed by atoms with Crippen molar-refractivity contribution in [3.8, 4) is 0 Å². The van der Waals surface area contributed by atoms with Crippen LogP contribution in [0, 0.1) is 35.5 Å². The van der Waals surface area contributed by atoms with Crippen LogP contribution >= 0.6 is 0 Å². The Morgan fingerprint density at radius 2 is 0.988 bits per heavy atom. The zero-order valence-corrected chi connectivity index (χ0v) is 50.4. The second kappa shape index (κ2) is 31.2. The summed E-state index contributed by atoms with van der Waals surface area (Å²) < 4.78 is 5.95. The molecule has 80 heavy (non-hydrogen) atoms. The van der Waals surface area contributed by atoms with E-state index in [1.165, 1.54) is 44.8 Å². The van der Waals surface area contributed by atoms with Crippen molar-refractivity contribution in [2.24, 2.45) is 35.5 Å². The maximum Gasteiger partial charge on any atom is 0.329 e. The molecular formula is C60H93N9O11. The average molecular weight is 1120 g/mol. The molecule has 2 aromatic rings. The van der Waals surface area contributed by atoms with Crippen molar-refractivity contribution in [2.45, 2.75) is 190 Å². The summed E-state index contributed by atoms with van der Waals surface area (Å²) in [6, 6.07) is 6.44. The lowest BCUT2D eigenvalue weighted by atomic mass is 9.96. The van der Waals surface area contributed by atoms with Crippen LogP contribution in [0.3, 0.4) is 0 Å². The van der Waals surface area contributed by atoms with Crippen LogP contribution in [0.25, 0.3) is 0 Å². The number of cyclic esters (lactones) is 1. The Kier molecular flexibility index (Phi) is 26.3. The van der Waals surface area contributed by atoms with Gasteiger partial charge in [-0.25, -0.2) is 4.79 Å². The highest BCUT2D eigenvalue weighted by Gasteiger charge is 2.43. The largest absolute Gasteiger partial charge is 0.458 e. The molecule has 20 nitrogen and oxygen atoms in total. The molecule has 1 saturated heterocycles. The third-order valence-corrected chi connectivity index (χ3v) is 14.2. The molecule has 9 amide bonds. The number of esters is 1. The summed E-state index contributed by atoms with van der Waals surface area (Å²) in [6.45, 7) is 24.1. The molecule has 20 heteroatoms. The lowest BCUT2D eigenvalue weighted by molar-refractivity contribution is -0.163. The third-order valence-electron chi connectivity index (χ3n) is 14.2. The Bertz CT molecular complexity index is 2430. The molecule has 1 fully saturated rings. The van der Waals surface area contributed by atoms with E-state index in [0.717, 1.165) is 4.90 Å². The summed E-state index contributed by atoms with van der Waals surface area (Å²) >= 11 is 0. The maximum atomic E-state index is 15.2. The van der Waals surface area contributed by atoms with Crippen molar-refractivity contribution in [3.63, 3.8) is 0 Å². The fraction of sp³-hybridized carbons (Fsp3) is 0.633. The van der Waals surface area contributed by atoms with E-state index >= 15 is 4.79 Å². The summed E-state index contributed by atoms with van der Waals surface area (Å²) in [4.78, 5) is 149. The maximum absolute atomic E-state index is 15.2. The van der Waals surface area contributed by atoms with E-state index in [1.807, 2.05) is 47.6 Å². The van der Waals surface area contributed by atoms with Crippen molar-refractivity contribution >= 4 is 59.1 Å². The Balaban J connectivity index is 2.32. The molecule has 444 valence electrons. The van der Waals surface area contributed by atoms with Crippen LogP contribution < -0.4 is 31.9 Å². The second-order valence-electron chi connectivity index (χ2n) is 23.8. The number of hydrogen-bond donors (Lipinski definition) is 6. The highest BCUT2D eigenvalue weighted by atomic mass is 16.5. The molecule has 0 saturated carbocycles. The highest BCUT2D eigenvalue weighted by molar-refractivity contribution is 5.99. The van der Waals surface area contributed by atoms with Gasteiger partial charge in [-0.3, -0.25) is 43.2 Å². The summed E-state index contributed by atoms with van der Waals surface area (Å²) in [6.07, 6.45) is -1.11. The zero-order chi connectivity index (χ0) is 60.5. The van der Waals surface area contributed by atoms with Gasteiger partial charge < -0.3 is 51.3 Å². The topological polar surface area (TPSA) is 262 Å². The summed E-state index contributed by atoms with van der Waals surface area (Å²) in [5.74, 6) is -9.24. The van der Waals surface area contributed by atoms with Gasteiger partial charge in [0.1, 0.15) is 60.5 Å². The molecule has 0 aliphatic carbocycles. The van der Waals surface area contributed by atoms with Gasteiger partial charge in [0.15, 0.2) is 0 Å². The van der Waals surface area contributed by atoms with E-state index in [-0.39, 0.29) is 49.9 Å². The standard InChI is InChI=1S/C60H93N9O11/c1-33(2)28-43-52(71)62-44(31-41-24-20-18-21-25-41)53(72)65-48(36(7)8)55(74)61-39(13)57(76)69(17)51(38(11)12)60(79)80-40(14)50(64-47(70)30-35(5)6)56(75)66-49(37(9)10)59(78)68(16)46(29-34(3)4)58(77)67(15)45(54(73)63-43)32-42-26-22-19-23-27-42/h18-27,33-40,43-46,48-51H,28-32H2,1-17H3,(H,61,74)(H,62,71)(H,63,73)(H,64,70)(H,65,72)(H,66,75)/t39-,40+,43-,44+,45?,46-,48+,49-,50-,51?/m0/s1. The Hall–Kier alpha value is -6.86. The number of carbonyl (C=O) groups excluding carboxylic acids is 10.